The topological polar surface area (TPSA) is 12.0 Å². The second-order valence-corrected chi connectivity index (χ2v) is 2.82. The van der Waals surface area contributed by atoms with E-state index in [1.165, 1.54) is 6.07 Å². The minimum absolute atomic E-state index is 0.187. The van der Waals surface area contributed by atoms with Crippen LogP contribution in [0.4, 0.5) is 4.39 Å². The SMILES string of the molecule is CC/C(=C/NC)c1cccc(F)c1. The van der Waals surface area contributed by atoms with Gasteiger partial charge in [0.1, 0.15) is 5.82 Å². The quantitative estimate of drug-likeness (QED) is 0.752. The smallest absolute Gasteiger partial charge is 0.123 e. The maximum atomic E-state index is 12.9. The molecule has 0 amide bonds. The number of benzene rings is 1. The molecule has 0 aliphatic heterocycles. The fourth-order valence-electron chi connectivity index (χ4n) is 1.25. The van der Waals surface area contributed by atoms with Gasteiger partial charge in [-0.15, -0.1) is 0 Å². The lowest BCUT2D eigenvalue weighted by Crippen LogP contribution is -1.96. The van der Waals surface area contributed by atoms with Crippen molar-refractivity contribution in [3.63, 3.8) is 0 Å². The average Bonchev–Trinajstić information content (AvgIpc) is 2.14. The van der Waals surface area contributed by atoms with E-state index in [4.69, 9.17) is 0 Å². The van der Waals surface area contributed by atoms with E-state index in [2.05, 4.69) is 5.32 Å². The molecule has 0 spiro atoms. The van der Waals surface area contributed by atoms with Gasteiger partial charge in [0.05, 0.1) is 0 Å². The third-order valence-corrected chi connectivity index (χ3v) is 1.89. The van der Waals surface area contributed by atoms with Gasteiger partial charge in [-0.1, -0.05) is 19.1 Å². The highest BCUT2D eigenvalue weighted by Gasteiger charge is 1.99. The Kier molecular flexibility index (Phi) is 3.50. The first-order chi connectivity index (χ1) is 6.27. The van der Waals surface area contributed by atoms with Crippen LogP contribution in [0, 0.1) is 5.82 Å². The highest BCUT2D eigenvalue weighted by molar-refractivity contribution is 5.64. The number of halogens is 1. The molecular weight excluding hydrogens is 165 g/mol. The molecule has 1 nitrogen and oxygen atoms in total. The summed E-state index contributed by atoms with van der Waals surface area (Å²) in [6, 6.07) is 6.64. The van der Waals surface area contributed by atoms with Gasteiger partial charge in [0.25, 0.3) is 0 Å². The van der Waals surface area contributed by atoms with Crippen molar-refractivity contribution in [2.75, 3.05) is 7.05 Å². The number of allylic oxidation sites excluding steroid dienone is 1. The standard InChI is InChI=1S/C11H14FN/c1-3-9(8-13-2)10-5-4-6-11(12)7-10/h4-8,13H,3H2,1-2H3/b9-8-. The highest BCUT2D eigenvalue weighted by atomic mass is 19.1. The zero-order valence-electron chi connectivity index (χ0n) is 7.97. The zero-order valence-corrected chi connectivity index (χ0v) is 7.97. The van der Waals surface area contributed by atoms with E-state index in [9.17, 15) is 4.39 Å². The van der Waals surface area contributed by atoms with Crippen molar-refractivity contribution < 1.29 is 4.39 Å². The van der Waals surface area contributed by atoms with Gasteiger partial charge in [0.15, 0.2) is 0 Å². The van der Waals surface area contributed by atoms with Crippen LogP contribution in [-0.4, -0.2) is 7.05 Å². The molecule has 0 radical (unpaired) electrons. The molecule has 1 aromatic carbocycles. The first-order valence-electron chi connectivity index (χ1n) is 4.40. The summed E-state index contributed by atoms with van der Waals surface area (Å²) in [4.78, 5) is 0. The van der Waals surface area contributed by atoms with Crippen molar-refractivity contribution in [2.24, 2.45) is 0 Å². The Hall–Kier alpha value is -1.31. The maximum Gasteiger partial charge on any atom is 0.123 e. The maximum absolute atomic E-state index is 12.9. The van der Waals surface area contributed by atoms with E-state index in [-0.39, 0.29) is 5.82 Å². The van der Waals surface area contributed by atoms with Crippen molar-refractivity contribution in [3.8, 4) is 0 Å². The minimum atomic E-state index is -0.187. The molecule has 0 saturated carbocycles. The van der Waals surface area contributed by atoms with Gasteiger partial charge in [-0.2, -0.15) is 0 Å². The molecule has 0 atom stereocenters. The van der Waals surface area contributed by atoms with Crippen molar-refractivity contribution in [3.05, 3.63) is 41.8 Å². The Labute approximate surface area is 78.3 Å². The van der Waals surface area contributed by atoms with Gasteiger partial charge in [0.2, 0.25) is 0 Å². The molecule has 0 saturated heterocycles. The van der Waals surface area contributed by atoms with Crippen molar-refractivity contribution in [1.29, 1.82) is 0 Å². The Morgan fingerprint density at radius 3 is 2.85 bits per heavy atom. The molecule has 0 unspecified atom stereocenters. The molecule has 0 aliphatic rings. The van der Waals surface area contributed by atoms with Gasteiger partial charge in [0, 0.05) is 7.05 Å². The molecule has 70 valence electrons. The minimum Gasteiger partial charge on any atom is -0.394 e. The van der Waals surface area contributed by atoms with Gasteiger partial charge >= 0.3 is 0 Å². The van der Waals surface area contributed by atoms with E-state index < -0.39 is 0 Å². The van der Waals surface area contributed by atoms with E-state index in [1.54, 1.807) is 12.1 Å². The third-order valence-electron chi connectivity index (χ3n) is 1.89. The summed E-state index contributed by atoms with van der Waals surface area (Å²) < 4.78 is 12.9. The largest absolute Gasteiger partial charge is 0.394 e. The number of nitrogens with one attached hydrogen (secondary N) is 1. The van der Waals surface area contributed by atoms with E-state index >= 15 is 0 Å². The summed E-state index contributed by atoms with van der Waals surface area (Å²) in [7, 11) is 1.84. The van der Waals surface area contributed by atoms with Crippen molar-refractivity contribution in [1.82, 2.24) is 5.32 Å². The third kappa shape index (κ3) is 2.58. The molecule has 2 heteroatoms. The number of rotatable bonds is 3. The van der Waals surface area contributed by atoms with Gasteiger partial charge in [-0.3, -0.25) is 0 Å². The van der Waals surface area contributed by atoms with Crippen LogP contribution in [0.2, 0.25) is 0 Å². The van der Waals surface area contributed by atoms with Crippen LogP contribution in [-0.2, 0) is 0 Å². The normalized spacial score (nSPS) is 11.5. The predicted molar refractivity (Wildman–Crippen MR) is 53.7 cm³/mol. The second-order valence-electron chi connectivity index (χ2n) is 2.82. The van der Waals surface area contributed by atoms with Crippen molar-refractivity contribution in [2.45, 2.75) is 13.3 Å². The van der Waals surface area contributed by atoms with Gasteiger partial charge in [-0.05, 0) is 35.9 Å². The van der Waals surface area contributed by atoms with E-state index in [1.807, 2.05) is 26.2 Å². The van der Waals surface area contributed by atoms with Crippen LogP contribution in [0.25, 0.3) is 5.57 Å². The molecule has 13 heavy (non-hydrogen) atoms. The number of hydrogen-bond donors (Lipinski definition) is 1. The molecule has 0 bridgehead atoms. The molecule has 0 heterocycles. The van der Waals surface area contributed by atoms with Gasteiger partial charge in [-0.25, -0.2) is 4.39 Å². The van der Waals surface area contributed by atoms with Crippen LogP contribution in [0.15, 0.2) is 30.5 Å². The summed E-state index contributed by atoms with van der Waals surface area (Å²) >= 11 is 0. The van der Waals surface area contributed by atoms with E-state index in [0.29, 0.717) is 0 Å². The van der Waals surface area contributed by atoms with Crippen LogP contribution < -0.4 is 5.32 Å². The Morgan fingerprint density at radius 2 is 2.31 bits per heavy atom. The first kappa shape index (κ1) is 9.78. The average molecular weight is 179 g/mol. The summed E-state index contributed by atoms with van der Waals surface area (Å²) in [5.74, 6) is -0.187. The summed E-state index contributed by atoms with van der Waals surface area (Å²) in [6.07, 6.45) is 2.79. The van der Waals surface area contributed by atoms with Crippen LogP contribution in [0.3, 0.4) is 0 Å². The number of hydrogen-bond acceptors (Lipinski definition) is 1. The summed E-state index contributed by atoms with van der Waals surface area (Å²) in [6.45, 7) is 2.05. The fraction of sp³-hybridized carbons (Fsp3) is 0.273. The van der Waals surface area contributed by atoms with Crippen LogP contribution in [0.5, 0.6) is 0 Å². The monoisotopic (exact) mass is 179 g/mol. The summed E-state index contributed by atoms with van der Waals surface area (Å²) in [5.41, 5.74) is 2.05. The van der Waals surface area contributed by atoms with E-state index in [0.717, 1.165) is 17.6 Å². The zero-order chi connectivity index (χ0) is 9.68. The lowest BCUT2D eigenvalue weighted by Gasteiger charge is -2.04. The Balaban J connectivity index is 2.98. The Bertz CT molecular complexity index is 305. The molecule has 1 N–H and O–H groups in total. The van der Waals surface area contributed by atoms with Crippen molar-refractivity contribution >= 4 is 5.57 Å². The Morgan fingerprint density at radius 1 is 1.54 bits per heavy atom. The molecular formula is C11H14FN. The van der Waals surface area contributed by atoms with Crippen LogP contribution in [0.1, 0.15) is 18.9 Å². The molecule has 0 aliphatic carbocycles. The highest BCUT2D eigenvalue weighted by Crippen LogP contribution is 2.17. The summed E-state index contributed by atoms with van der Waals surface area (Å²) in [5, 5.41) is 2.95. The first-order valence-corrected chi connectivity index (χ1v) is 4.40. The molecule has 1 aromatic rings. The lowest BCUT2D eigenvalue weighted by molar-refractivity contribution is 0.627. The predicted octanol–water partition coefficient (Wildman–Crippen LogP) is 2.80. The van der Waals surface area contributed by atoms with Gasteiger partial charge < -0.3 is 5.32 Å². The molecule has 1 rings (SSSR count). The molecule has 0 fully saturated rings. The fourth-order valence-corrected chi connectivity index (χ4v) is 1.25. The molecule has 0 aromatic heterocycles. The van der Waals surface area contributed by atoms with Crippen LogP contribution >= 0.6 is 0 Å². The second kappa shape index (κ2) is 4.65. The lowest BCUT2D eigenvalue weighted by atomic mass is 10.0.